The lowest BCUT2D eigenvalue weighted by atomic mass is 10.3. The Morgan fingerprint density at radius 2 is 2.09 bits per heavy atom. The van der Waals surface area contributed by atoms with Gasteiger partial charge in [0, 0.05) is 38.4 Å². The van der Waals surface area contributed by atoms with E-state index in [1.807, 2.05) is 17.8 Å². The third kappa shape index (κ3) is 5.20. The Hall–Kier alpha value is -2.16. The first-order valence-electron chi connectivity index (χ1n) is 7.18. The highest BCUT2D eigenvalue weighted by Gasteiger charge is 2.08. The number of halogens is 1. The minimum atomic E-state index is -1.08. The second kappa shape index (κ2) is 7.91. The number of aromatic nitrogens is 4. The van der Waals surface area contributed by atoms with Crippen LogP contribution in [0.15, 0.2) is 22.9 Å². The normalized spacial score (nSPS) is 10.7. The number of carboxylic acids is 1. The highest BCUT2D eigenvalue weighted by molar-refractivity contribution is 9.10. The number of aryl methyl sites for hydroxylation is 3. The maximum atomic E-state index is 11.7. The molecule has 0 bridgehead atoms. The summed E-state index contributed by atoms with van der Waals surface area (Å²) in [5, 5.41) is 19.8. The maximum Gasteiger partial charge on any atom is 0.356 e. The van der Waals surface area contributed by atoms with Crippen molar-refractivity contribution in [2.75, 3.05) is 6.54 Å². The molecule has 8 nitrogen and oxygen atoms in total. The van der Waals surface area contributed by atoms with Crippen LogP contribution in [0.4, 0.5) is 0 Å². The molecule has 0 aliphatic rings. The molecule has 0 aromatic carbocycles. The fraction of sp³-hybridized carbons (Fsp3) is 0.429. The van der Waals surface area contributed by atoms with Crippen LogP contribution in [-0.2, 0) is 17.9 Å². The van der Waals surface area contributed by atoms with Gasteiger partial charge >= 0.3 is 5.97 Å². The summed E-state index contributed by atoms with van der Waals surface area (Å²) in [7, 11) is 0. The summed E-state index contributed by atoms with van der Waals surface area (Å²) in [6.07, 6.45) is 4.50. The van der Waals surface area contributed by atoms with Gasteiger partial charge in [-0.25, -0.2) is 4.79 Å². The summed E-state index contributed by atoms with van der Waals surface area (Å²) < 4.78 is 4.26. The van der Waals surface area contributed by atoms with Gasteiger partial charge in [0.15, 0.2) is 5.69 Å². The molecule has 0 spiro atoms. The number of nitrogens with zero attached hydrogens (tertiary/aromatic N) is 4. The van der Waals surface area contributed by atoms with Gasteiger partial charge in [0.25, 0.3) is 0 Å². The second-order valence-electron chi connectivity index (χ2n) is 5.05. The van der Waals surface area contributed by atoms with Gasteiger partial charge < -0.3 is 10.4 Å². The van der Waals surface area contributed by atoms with E-state index in [1.54, 1.807) is 6.20 Å². The third-order valence-electron chi connectivity index (χ3n) is 3.20. The molecule has 0 aliphatic carbocycles. The Bertz CT molecular complexity index is 675. The molecule has 9 heteroatoms. The van der Waals surface area contributed by atoms with Crippen molar-refractivity contribution in [1.82, 2.24) is 24.9 Å². The Labute approximate surface area is 141 Å². The number of carboxylic acid groups (broad SMARTS) is 1. The summed E-state index contributed by atoms with van der Waals surface area (Å²) in [4.78, 5) is 22.4. The first-order chi connectivity index (χ1) is 11.0. The predicted molar refractivity (Wildman–Crippen MR) is 86.1 cm³/mol. The van der Waals surface area contributed by atoms with Crippen LogP contribution < -0.4 is 5.32 Å². The lowest BCUT2D eigenvalue weighted by Gasteiger charge is -2.05. The standard InChI is InChI=1S/C14H18BrN5O3/c1-10-11(15)9-20(17-10)6-2-5-16-13(21)4-8-19-7-3-12(18-19)14(22)23/h3,7,9H,2,4-6,8H2,1H3,(H,16,21)(H,22,23). The number of hydrogen-bond acceptors (Lipinski definition) is 4. The zero-order valence-electron chi connectivity index (χ0n) is 12.7. The van der Waals surface area contributed by atoms with E-state index in [4.69, 9.17) is 5.11 Å². The van der Waals surface area contributed by atoms with Crippen molar-refractivity contribution in [1.29, 1.82) is 0 Å². The lowest BCUT2D eigenvalue weighted by Crippen LogP contribution is -2.26. The van der Waals surface area contributed by atoms with Gasteiger partial charge in [-0.05, 0) is 35.3 Å². The Kier molecular flexibility index (Phi) is 5.91. The molecule has 124 valence electrons. The van der Waals surface area contributed by atoms with Crippen LogP contribution >= 0.6 is 15.9 Å². The fourth-order valence-electron chi connectivity index (χ4n) is 1.98. The molecule has 0 radical (unpaired) electrons. The first kappa shape index (κ1) is 17.2. The molecule has 2 rings (SSSR count). The summed E-state index contributed by atoms with van der Waals surface area (Å²) in [6, 6.07) is 1.41. The lowest BCUT2D eigenvalue weighted by molar-refractivity contribution is -0.121. The minimum Gasteiger partial charge on any atom is -0.476 e. The minimum absolute atomic E-state index is 0.0221. The Morgan fingerprint density at radius 3 is 2.70 bits per heavy atom. The highest BCUT2D eigenvalue weighted by Crippen LogP contribution is 2.13. The predicted octanol–water partition coefficient (Wildman–Crippen LogP) is 1.45. The van der Waals surface area contributed by atoms with E-state index in [9.17, 15) is 9.59 Å². The summed E-state index contributed by atoms with van der Waals surface area (Å²) in [6.45, 7) is 3.57. The van der Waals surface area contributed by atoms with Crippen LogP contribution in [0, 0.1) is 6.92 Å². The van der Waals surface area contributed by atoms with Crippen molar-refractivity contribution >= 4 is 27.8 Å². The molecular weight excluding hydrogens is 366 g/mol. The number of amides is 1. The molecule has 0 aliphatic heterocycles. The van der Waals surface area contributed by atoms with Crippen molar-refractivity contribution in [2.45, 2.75) is 32.9 Å². The number of carbonyl (C=O) groups is 2. The monoisotopic (exact) mass is 383 g/mol. The number of nitrogens with one attached hydrogen (secondary N) is 1. The SMILES string of the molecule is Cc1nn(CCCNC(=O)CCn2ccc(C(=O)O)n2)cc1Br. The van der Waals surface area contributed by atoms with E-state index in [-0.39, 0.29) is 18.0 Å². The van der Waals surface area contributed by atoms with Gasteiger partial charge in [-0.2, -0.15) is 10.2 Å². The van der Waals surface area contributed by atoms with Crippen molar-refractivity contribution in [3.8, 4) is 0 Å². The number of aromatic carboxylic acids is 1. The smallest absolute Gasteiger partial charge is 0.356 e. The molecule has 0 saturated carbocycles. The van der Waals surface area contributed by atoms with E-state index in [0.29, 0.717) is 13.1 Å². The van der Waals surface area contributed by atoms with Crippen LogP contribution in [0.2, 0.25) is 0 Å². The molecule has 0 atom stereocenters. The highest BCUT2D eigenvalue weighted by atomic mass is 79.9. The van der Waals surface area contributed by atoms with E-state index in [1.165, 1.54) is 10.7 Å². The van der Waals surface area contributed by atoms with Crippen LogP contribution in [0.1, 0.15) is 29.0 Å². The van der Waals surface area contributed by atoms with Crippen molar-refractivity contribution in [2.24, 2.45) is 0 Å². The van der Waals surface area contributed by atoms with Crippen LogP contribution in [0.3, 0.4) is 0 Å². The quantitative estimate of drug-likeness (QED) is 0.671. The number of carbonyl (C=O) groups excluding carboxylic acids is 1. The van der Waals surface area contributed by atoms with Crippen LogP contribution in [0.25, 0.3) is 0 Å². The molecular formula is C14H18BrN5O3. The van der Waals surface area contributed by atoms with E-state index >= 15 is 0 Å². The molecule has 2 N–H and O–H groups in total. The van der Waals surface area contributed by atoms with Crippen LogP contribution in [0.5, 0.6) is 0 Å². The topological polar surface area (TPSA) is 102 Å². The largest absolute Gasteiger partial charge is 0.476 e. The zero-order chi connectivity index (χ0) is 16.8. The number of hydrogen-bond donors (Lipinski definition) is 2. The number of rotatable bonds is 8. The Morgan fingerprint density at radius 1 is 1.30 bits per heavy atom. The summed E-state index contributed by atoms with van der Waals surface area (Å²) in [5.74, 6) is -1.16. The molecule has 0 fully saturated rings. The molecule has 0 unspecified atom stereocenters. The average Bonchev–Trinajstić information content (AvgIpc) is 3.09. The van der Waals surface area contributed by atoms with Gasteiger partial charge in [-0.1, -0.05) is 0 Å². The first-order valence-corrected chi connectivity index (χ1v) is 7.98. The van der Waals surface area contributed by atoms with E-state index < -0.39 is 5.97 Å². The Balaban J connectivity index is 1.64. The summed E-state index contributed by atoms with van der Waals surface area (Å²) >= 11 is 3.40. The summed E-state index contributed by atoms with van der Waals surface area (Å²) in [5.41, 5.74) is 0.917. The third-order valence-corrected chi connectivity index (χ3v) is 3.98. The molecule has 2 aromatic heterocycles. The van der Waals surface area contributed by atoms with E-state index in [2.05, 4.69) is 31.4 Å². The van der Waals surface area contributed by atoms with Gasteiger partial charge in [0.1, 0.15) is 0 Å². The zero-order valence-corrected chi connectivity index (χ0v) is 14.3. The molecule has 2 aromatic rings. The van der Waals surface area contributed by atoms with Crippen molar-refractivity contribution in [3.63, 3.8) is 0 Å². The molecule has 1 amide bonds. The van der Waals surface area contributed by atoms with Crippen molar-refractivity contribution < 1.29 is 14.7 Å². The van der Waals surface area contributed by atoms with Gasteiger partial charge in [0.2, 0.25) is 5.91 Å². The molecule has 2 heterocycles. The van der Waals surface area contributed by atoms with Crippen molar-refractivity contribution in [3.05, 3.63) is 34.3 Å². The van der Waals surface area contributed by atoms with Gasteiger partial charge in [-0.15, -0.1) is 0 Å². The molecule has 0 saturated heterocycles. The maximum absolute atomic E-state index is 11.7. The van der Waals surface area contributed by atoms with Gasteiger partial charge in [0.05, 0.1) is 10.2 Å². The van der Waals surface area contributed by atoms with E-state index in [0.717, 1.165) is 23.1 Å². The molecule has 23 heavy (non-hydrogen) atoms. The van der Waals surface area contributed by atoms with Crippen LogP contribution in [-0.4, -0.2) is 43.1 Å². The van der Waals surface area contributed by atoms with Gasteiger partial charge in [-0.3, -0.25) is 14.2 Å². The fourth-order valence-corrected chi connectivity index (χ4v) is 2.30. The average molecular weight is 384 g/mol. The second-order valence-corrected chi connectivity index (χ2v) is 5.90.